The number of aliphatic hydroxyl groups is 1. The van der Waals surface area contributed by atoms with Crippen molar-refractivity contribution in [3.05, 3.63) is 29.6 Å². The molecule has 0 radical (unpaired) electrons. The summed E-state index contributed by atoms with van der Waals surface area (Å²) in [5.41, 5.74) is 0.910. The van der Waals surface area contributed by atoms with Crippen molar-refractivity contribution in [1.29, 1.82) is 5.26 Å². The molecule has 0 heterocycles. The first-order valence-electron chi connectivity index (χ1n) is 5.12. The fourth-order valence-electron chi connectivity index (χ4n) is 1.60. The Morgan fingerprint density at radius 3 is 2.81 bits per heavy atom. The number of nitriles is 1. The topological polar surface area (TPSA) is 47.3 Å². The van der Waals surface area contributed by atoms with Gasteiger partial charge in [0.05, 0.1) is 24.3 Å². The third-order valence-electron chi connectivity index (χ3n) is 2.41. The second-order valence-electron chi connectivity index (χ2n) is 3.68. The van der Waals surface area contributed by atoms with Crippen LogP contribution in [-0.2, 0) is 0 Å². The molecule has 0 aliphatic heterocycles. The highest BCUT2D eigenvalue weighted by Crippen LogP contribution is 2.28. The monoisotopic (exact) mass is 222 g/mol. The van der Waals surface area contributed by atoms with Crippen molar-refractivity contribution < 1.29 is 9.50 Å². The van der Waals surface area contributed by atoms with Crippen LogP contribution in [0.4, 0.5) is 10.1 Å². The lowest BCUT2D eigenvalue weighted by Gasteiger charge is -2.23. The molecule has 4 heteroatoms. The van der Waals surface area contributed by atoms with Gasteiger partial charge >= 0.3 is 0 Å². The number of halogens is 1. The number of hydrogen-bond acceptors (Lipinski definition) is 3. The van der Waals surface area contributed by atoms with E-state index >= 15 is 0 Å². The van der Waals surface area contributed by atoms with Gasteiger partial charge in [-0.2, -0.15) is 5.26 Å². The maximum absolute atomic E-state index is 13.7. The van der Waals surface area contributed by atoms with Gasteiger partial charge in [0.25, 0.3) is 0 Å². The molecule has 0 unspecified atom stereocenters. The Morgan fingerprint density at radius 1 is 1.56 bits per heavy atom. The van der Waals surface area contributed by atoms with E-state index in [1.54, 1.807) is 31.0 Å². The van der Waals surface area contributed by atoms with Crippen LogP contribution in [0.3, 0.4) is 0 Å². The van der Waals surface area contributed by atoms with Crippen molar-refractivity contribution in [1.82, 2.24) is 0 Å². The predicted octanol–water partition coefficient (Wildman–Crippen LogP) is 2.23. The van der Waals surface area contributed by atoms with Gasteiger partial charge < -0.3 is 10.0 Å². The van der Waals surface area contributed by atoms with Crippen LogP contribution < -0.4 is 4.90 Å². The Hall–Kier alpha value is -1.60. The molecule has 1 aromatic carbocycles. The lowest BCUT2D eigenvalue weighted by molar-refractivity contribution is 0.199. The summed E-state index contributed by atoms with van der Waals surface area (Å²) in [7, 11) is 1.71. The number of para-hydroxylation sites is 1. The van der Waals surface area contributed by atoms with Crippen molar-refractivity contribution in [3.8, 4) is 6.07 Å². The molecule has 0 saturated carbocycles. The molecule has 3 nitrogen and oxygen atoms in total. The number of benzene rings is 1. The number of anilines is 1. The summed E-state index contributed by atoms with van der Waals surface area (Å²) in [5, 5.41) is 18.0. The molecule has 1 atom stereocenters. The van der Waals surface area contributed by atoms with Crippen molar-refractivity contribution in [2.24, 2.45) is 0 Å². The molecule has 0 bridgehead atoms. The zero-order valence-corrected chi connectivity index (χ0v) is 9.44. The smallest absolute Gasteiger partial charge is 0.146 e. The summed E-state index contributed by atoms with van der Waals surface area (Å²) in [5.74, 6) is -0.376. The first-order chi connectivity index (χ1) is 7.57. The Kier molecular flexibility index (Phi) is 4.27. The SMILES string of the molecule is C[C@@H](O)c1cccc(F)c1N(C)CCC#N. The minimum atomic E-state index is -0.727. The quantitative estimate of drug-likeness (QED) is 0.849. The summed E-state index contributed by atoms with van der Waals surface area (Å²) >= 11 is 0. The second-order valence-corrected chi connectivity index (χ2v) is 3.68. The van der Waals surface area contributed by atoms with Crippen LogP contribution >= 0.6 is 0 Å². The molecule has 86 valence electrons. The minimum absolute atomic E-state index is 0.323. The standard InChI is InChI=1S/C12H15FN2O/c1-9(16)10-5-3-6-11(13)12(10)15(2)8-4-7-14/h3,5-6,9,16H,4,8H2,1-2H3/t9-/m1/s1. The van der Waals surface area contributed by atoms with Gasteiger partial charge in [0, 0.05) is 19.2 Å². The van der Waals surface area contributed by atoms with Gasteiger partial charge in [0.2, 0.25) is 0 Å². The van der Waals surface area contributed by atoms with Gasteiger partial charge in [-0.3, -0.25) is 0 Å². The van der Waals surface area contributed by atoms with Gasteiger partial charge in [0.1, 0.15) is 5.82 Å². The largest absolute Gasteiger partial charge is 0.389 e. The maximum atomic E-state index is 13.7. The van der Waals surface area contributed by atoms with Crippen molar-refractivity contribution in [2.75, 3.05) is 18.5 Å². The zero-order chi connectivity index (χ0) is 12.1. The highest BCUT2D eigenvalue weighted by molar-refractivity contribution is 5.55. The van der Waals surface area contributed by atoms with Crippen LogP contribution in [0, 0.1) is 17.1 Å². The lowest BCUT2D eigenvalue weighted by atomic mass is 10.1. The molecule has 0 spiro atoms. The molecule has 0 fully saturated rings. The molecule has 0 saturated heterocycles. The fourth-order valence-corrected chi connectivity index (χ4v) is 1.60. The molecule has 0 amide bonds. The van der Waals surface area contributed by atoms with Crippen molar-refractivity contribution in [2.45, 2.75) is 19.4 Å². The molecule has 1 rings (SSSR count). The van der Waals surface area contributed by atoms with E-state index in [1.165, 1.54) is 6.07 Å². The number of aliphatic hydroxyl groups excluding tert-OH is 1. The van der Waals surface area contributed by atoms with E-state index in [9.17, 15) is 9.50 Å². The maximum Gasteiger partial charge on any atom is 0.146 e. The van der Waals surface area contributed by atoms with Gasteiger partial charge in [-0.05, 0) is 13.0 Å². The van der Waals surface area contributed by atoms with Gasteiger partial charge in [-0.25, -0.2) is 4.39 Å². The molecule has 0 aromatic heterocycles. The number of nitrogens with zero attached hydrogens (tertiary/aromatic N) is 2. The summed E-state index contributed by atoms with van der Waals surface area (Å²) in [6, 6.07) is 6.62. The summed E-state index contributed by atoms with van der Waals surface area (Å²) in [4.78, 5) is 1.65. The first kappa shape index (κ1) is 12.5. The highest BCUT2D eigenvalue weighted by Gasteiger charge is 2.15. The average Bonchev–Trinajstić information content (AvgIpc) is 2.25. The normalized spacial score (nSPS) is 11.9. The van der Waals surface area contributed by atoms with E-state index in [1.807, 2.05) is 6.07 Å². The van der Waals surface area contributed by atoms with Crippen molar-refractivity contribution in [3.63, 3.8) is 0 Å². The highest BCUT2D eigenvalue weighted by atomic mass is 19.1. The van der Waals surface area contributed by atoms with E-state index in [0.29, 0.717) is 24.2 Å². The predicted molar refractivity (Wildman–Crippen MR) is 60.5 cm³/mol. The Morgan fingerprint density at radius 2 is 2.25 bits per heavy atom. The summed E-state index contributed by atoms with van der Waals surface area (Å²) in [6.07, 6.45) is -0.403. The molecule has 0 aliphatic carbocycles. The second kappa shape index (κ2) is 5.47. The summed E-state index contributed by atoms with van der Waals surface area (Å²) < 4.78 is 13.7. The Balaban J connectivity index is 3.05. The molecule has 16 heavy (non-hydrogen) atoms. The van der Waals surface area contributed by atoms with Gasteiger partial charge in [-0.1, -0.05) is 12.1 Å². The van der Waals surface area contributed by atoms with E-state index < -0.39 is 6.10 Å². The molecular formula is C12H15FN2O. The molecule has 1 aromatic rings. The lowest BCUT2D eigenvalue weighted by Crippen LogP contribution is -2.21. The van der Waals surface area contributed by atoms with E-state index in [0.717, 1.165) is 0 Å². The average molecular weight is 222 g/mol. The number of rotatable bonds is 4. The first-order valence-corrected chi connectivity index (χ1v) is 5.12. The van der Waals surface area contributed by atoms with Crippen LogP contribution in [0.5, 0.6) is 0 Å². The van der Waals surface area contributed by atoms with E-state index in [2.05, 4.69) is 0 Å². The van der Waals surface area contributed by atoms with Gasteiger partial charge in [0.15, 0.2) is 0 Å². The third kappa shape index (κ3) is 2.71. The molecule has 0 aliphatic rings. The van der Waals surface area contributed by atoms with E-state index in [-0.39, 0.29) is 5.82 Å². The number of hydrogen-bond donors (Lipinski definition) is 1. The summed E-state index contributed by atoms with van der Waals surface area (Å²) in [6.45, 7) is 2.04. The Bertz CT molecular complexity index is 398. The van der Waals surface area contributed by atoms with Crippen LogP contribution in [-0.4, -0.2) is 18.7 Å². The minimum Gasteiger partial charge on any atom is -0.389 e. The van der Waals surface area contributed by atoms with Gasteiger partial charge in [-0.15, -0.1) is 0 Å². The van der Waals surface area contributed by atoms with Crippen LogP contribution in [0.1, 0.15) is 25.0 Å². The van der Waals surface area contributed by atoms with E-state index in [4.69, 9.17) is 5.26 Å². The Labute approximate surface area is 94.7 Å². The third-order valence-corrected chi connectivity index (χ3v) is 2.41. The fraction of sp³-hybridized carbons (Fsp3) is 0.417. The molecular weight excluding hydrogens is 207 g/mol. The van der Waals surface area contributed by atoms with Crippen molar-refractivity contribution >= 4 is 5.69 Å². The zero-order valence-electron chi connectivity index (χ0n) is 9.44. The van der Waals surface area contributed by atoms with Crippen LogP contribution in [0.25, 0.3) is 0 Å². The van der Waals surface area contributed by atoms with Crippen LogP contribution in [0.2, 0.25) is 0 Å². The molecule has 1 N–H and O–H groups in total. The van der Waals surface area contributed by atoms with Crippen LogP contribution in [0.15, 0.2) is 18.2 Å².